The van der Waals surface area contributed by atoms with Crippen LogP contribution in [-0.4, -0.2) is 15.0 Å². The summed E-state index contributed by atoms with van der Waals surface area (Å²) in [5.74, 6) is 0. The fourth-order valence-electron chi connectivity index (χ4n) is 6.33. The molecule has 3 aromatic heterocycles. The molecule has 2 atom stereocenters. The molecule has 7 rings (SSSR count). The van der Waals surface area contributed by atoms with E-state index < -0.39 is 10.8 Å². The monoisotopic (exact) mass is 771 g/mol. The van der Waals surface area contributed by atoms with E-state index in [1.165, 1.54) is 0 Å². The number of pyridine rings is 3. The molecule has 46 heavy (non-hydrogen) atoms. The van der Waals surface area contributed by atoms with Crippen LogP contribution in [0.5, 0.6) is 0 Å². The number of nitrogens with zero attached hydrogens (tertiary/aromatic N) is 3. The molecular formula is C42H32IrN3. The molecule has 224 valence electrons. The predicted octanol–water partition coefficient (Wildman–Crippen LogP) is 9.11. The zero-order valence-electron chi connectivity index (χ0n) is 26.0. The van der Waals surface area contributed by atoms with Crippen LogP contribution < -0.4 is 0 Å². The van der Waals surface area contributed by atoms with Crippen molar-refractivity contribution in [1.29, 1.82) is 0 Å². The smallest absolute Gasteiger partial charge is 0.299 e. The molecule has 0 radical (unpaired) electrons. The summed E-state index contributed by atoms with van der Waals surface area (Å²) < 4.78 is 0. The third-order valence-electron chi connectivity index (χ3n) is 8.91. The Labute approximate surface area is 284 Å². The van der Waals surface area contributed by atoms with Gasteiger partial charge in [-0.25, -0.2) is 0 Å². The summed E-state index contributed by atoms with van der Waals surface area (Å²) in [5.41, 5.74) is 7.51. The van der Waals surface area contributed by atoms with E-state index >= 15 is 0 Å². The summed E-state index contributed by atoms with van der Waals surface area (Å²) in [6.07, 6.45) is 3.70. The van der Waals surface area contributed by atoms with Crippen molar-refractivity contribution in [3.8, 4) is 11.3 Å². The van der Waals surface area contributed by atoms with Gasteiger partial charge in [0.15, 0.2) is 0 Å². The van der Waals surface area contributed by atoms with Gasteiger partial charge in [-0.1, -0.05) is 43.3 Å². The molecule has 7 aromatic rings. The van der Waals surface area contributed by atoms with Crippen molar-refractivity contribution < 1.29 is 20.1 Å². The van der Waals surface area contributed by atoms with E-state index in [2.05, 4.69) is 118 Å². The summed E-state index contributed by atoms with van der Waals surface area (Å²) in [7, 11) is 0. The maximum atomic E-state index is 5.49. The quantitative estimate of drug-likeness (QED) is 0.152. The first-order valence-corrected chi connectivity index (χ1v) is 15.2. The molecule has 3 heterocycles. The molecule has 0 aliphatic carbocycles. The zero-order chi connectivity index (χ0) is 30.9. The van der Waals surface area contributed by atoms with Crippen LogP contribution in [0.25, 0.3) is 22.0 Å². The third-order valence-corrected chi connectivity index (χ3v) is 8.91. The number of benzene rings is 4. The van der Waals surface area contributed by atoms with Gasteiger partial charge in [-0.05, 0) is 60.6 Å². The molecule has 0 fully saturated rings. The average Bonchev–Trinajstić information content (AvgIpc) is 3.11. The van der Waals surface area contributed by atoms with Crippen LogP contribution in [0.2, 0.25) is 0 Å². The summed E-state index contributed by atoms with van der Waals surface area (Å²) in [6.45, 7) is 6.54. The fraction of sp³-hybridized carbons (Fsp3) is 0.119. The van der Waals surface area contributed by atoms with E-state index in [9.17, 15) is 0 Å². The Hall–Kier alpha value is -4.76. The van der Waals surface area contributed by atoms with Gasteiger partial charge in [-0.15, -0.1) is 46.0 Å². The van der Waals surface area contributed by atoms with Crippen molar-refractivity contribution in [2.45, 2.75) is 31.6 Å². The molecule has 0 aliphatic rings. The van der Waals surface area contributed by atoms with Crippen LogP contribution in [-0.2, 0) is 30.9 Å². The van der Waals surface area contributed by atoms with Crippen LogP contribution in [0.3, 0.4) is 0 Å². The van der Waals surface area contributed by atoms with Crippen molar-refractivity contribution >= 4 is 10.8 Å². The van der Waals surface area contributed by atoms with Gasteiger partial charge in [0.2, 0.25) is 0 Å². The first-order valence-electron chi connectivity index (χ1n) is 15.2. The van der Waals surface area contributed by atoms with Gasteiger partial charge in [-0.2, -0.15) is 60.7 Å². The number of hydrogen-bond acceptors (Lipinski definition) is 3. The topological polar surface area (TPSA) is 38.7 Å². The standard InChI is InChI=1S/C42H32N3.Ir/c1-30-26-32(28-35(27-30)41(2,33-17-6-4-7-18-33)37-22-12-14-24-43-37)40-36-21-11-10-16-31(36)29-39(45-40)42(3,34-19-8-5-9-20-34)38-23-13-15-25-44-38;/h4-17,19,21-27,29H,1-3H3;/q-3;+3/t41?,42-;/m1./s1. The van der Waals surface area contributed by atoms with Crippen LogP contribution >= 0.6 is 0 Å². The molecule has 0 spiro atoms. The average molecular weight is 771 g/mol. The summed E-state index contributed by atoms with van der Waals surface area (Å²) in [4.78, 5) is 15.2. The second-order valence-corrected chi connectivity index (χ2v) is 11.8. The molecular weight excluding hydrogens is 739 g/mol. The first kappa shape index (κ1) is 31.2. The zero-order valence-corrected chi connectivity index (χ0v) is 28.3. The number of hydrogen-bond donors (Lipinski definition) is 0. The van der Waals surface area contributed by atoms with E-state index in [0.717, 1.165) is 61.4 Å². The minimum atomic E-state index is -0.643. The molecule has 0 amide bonds. The van der Waals surface area contributed by atoms with E-state index in [-0.39, 0.29) is 20.1 Å². The van der Waals surface area contributed by atoms with Gasteiger partial charge in [0, 0.05) is 23.5 Å². The molecule has 0 saturated carbocycles. The van der Waals surface area contributed by atoms with Crippen LogP contribution in [0.15, 0.2) is 140 Å². The molecule has 0 bridgehead atoms. The Morgan fingerprint density at radius 3 is 1.76 bits per heavy atom. The minimum absolute atomic E-state index is 0. The molecule has 1 unspecified atom stereocenters. The summed E-state index contributed by atoms with van der Waals surface area (Å²) in [6, 6.07) is 54.2. The molecule has 0 aliphatic heterocycles. The third kappa shape index (κ3) is 5.49. The Kier molecular flexibility index (Phi) is 8.77. The normalized spacial score (nSPS) is 13.7. The SMILES string of the molecule is Cc1cc(-c2nc([C@](C)(c3[c-]cccc3)c3ccccn3)cc3ccccc23)[c-]c(C(C)(c2[c-]cccc2)c2ccccn2)c1.[Ir+3]. The van der Waals surface area contributed by atoms with Crippen molar-refractivity contribution in [3.63, 3.8) is 0 Å². The van der Waals surface area contributed by atoms with Gasteiger partial charge in [0.1, 0.15) is 0 Å². The van der Waals surface area contributed by atoms with Crippen LogP contribution in [0.1, 0.15) is 53.2 Å². The number of aromatic nitrogens is 3. The molecule has 0 saturated heterocycles. The number of aryl methyl sites for hydroxylation is 1. The van der Waals surface area contributed by atoms with Gasteiger partial charge in [0.25, 0.3) is 0 Å². The van der Waals surface area contributed by atoms with Gasteiger partial charge in [-0.3, -0.25) is 15.0 Å². The molecule has 4 heteroatoms. The predicted molar refractivity (Wildman–Crippen MR) is 181 cm³/mol. The Balaban J connectivity index is 0.00000372. The van der Waals surface area contributed by atoms with E-state index in [1.54, 1.807) is 0 Å². The Morgan fingerprint density at radius 2 is 1.15 bits per heavy atom. The van der Waals surface area contributed by atoms with E-state index in [4.69, 9.17) is 15.0 Å². The van der Waals surface area contributed by atoms with E-state index in [1.807, 2.05) is 60.9 Å². The van der Waals surface area contributed by atoms with Gasteiger partial charge >= 0.3 is 20.1 Å². The van der Waals surface area contributed by atoms with Gasteiger partial charge in [0.05, 0.1) is 16.8 Å². The second kappa shape index (κ2) is 12.9. The van der Waals surface area contributed by atoms with Crippen molar-refractivity contribution in [2.75, 3.05) is 0 Å². The summed E-state index contributed by atoms with van der Waals surface area (Å²) >= 11 is 0. The number of fused-ring (bicyclic) bond motifs is 1. The maximum absolute atomic E-state index is 5.49. The van der Waals surface area contributed by atoms with Crippen LogP contribution in [0.4, 0.5) is 0 Å². The number of rotatable bonds is 7. The largest absolute Gasteiger partial charge is 3.00 e. The fourth-order valence-corrected chi connectivity index (χ4v) is 6.33. The first-order chi connectivity index (χ1) is 22.0. The second-order valence-electron chi connectivity index (χ2n) is 11.8. The molecule has 0 N–H and O–H groups in total. The summed E-state index contributed by atoms with van der Waals surface area (Å²) in [5, 5.41) is 2.18. The van der Waals surface area contributed by atoms with Gasteiger partial charge < -0.3 is 0 Å². The maximum Gasteiger partial charge on any atom is 3.00 e. The van der Waals surface area contributed by atoms with Crippen LogP contribution in [0, 0.1) is 25.1 Å². The molecule has 4 aromatic carbocycles. The van der Waals surface area contributed by atoms with E-state index in [0.29, 0.717) is 0 Å². The van der Waals surface area contributed by atoms with Crippen molar-refractivity contribution in [3.05, 3.63) is 197 Å². The Morgan fingerprint density at radius 1 is 0.565 bits per heavy atom. The minimum Gasteiger partial charge on any atom is -0.299 e. The van der Waals surface area contributed by atoms with Crippen molar-refractivity contribution in [1.82, 2.24) is 15.0 Å². The molecule has 3 nitrogen and oxygen atoms in total. The Bertz CT molecular complexity index is 2000. The van der Waals surface area contributed by atoms with Crippen molar-refractivity contribution in [2.24, 2.45) is 0 Å².